The number of piperidine rings is 1. The average Bonchev–Trinajstić information content (AvgIpc) is 3.01. The predicted octanol–water partition coefficient (Wildman–Crippen LogP) is 0.733. The van der Waals surface area contributed by atoms with Crippen LogP contribution >= 0.6 is 0 Å². The third-order valence-corrected chi connectivity index (χ3v) is 5.23. The minimum atomic E-state index is -0.681. The maximum atomic E-state index is 12.5. The fourth-order valence-corrected chi connectivity index (χ4v) is 3.48. The third-order valence-electron chi connectivity index (χ3n) is 5.23. The monoisotopic (exact) mass is 376 g/mol. The number of amides is 3. The summed E-state index contributed by atoms with van der Waals surface area (Å²) >= 11 is 0. The number of anilines is 1. The van der Waals surface area contributed by atoms with Crippen molar-refractivity contribution in [3.05, 3.63) is 11.8 Å². The van der Waals surface area contributed by atoms with E-state index in [0.717, 1.165) is 19.3 Å². The molecule has 3 N–H and O–H groups in total. The van der Waals surface area contributed by atoms with Gasteiger partial charge in [-0.3, -0.25) is 19.7 Å². The molecule has 2 saturated heterocycles. The van der Waals surface area contributed by atoms with Gasteiger partial charge in [-0.1, -0.05) is 13.8 Å². The topological polar surface area (TPSA) is 108 Å². The van der Waals surface area contributed by atoms with Gasteiger partial charge in [0.05, 0.1) is 5.69 Å². The van der Waals surface area contributed by atoms with Crippen molar-refractivity contribution < 1.29 is 14.4 Å². The largest absolute Gasteiger partial charge is 0.334 e. The summed E-state index contributed by atoms with van der Waals surface area (Å²) in [6.07, 6.45) is 2.46. The Morgan fingerprint density at radius 2 is 2.04 bits per heavy atom. The zero-order valence-electron chi connectivity index (χ0n) is 16.1. The first kappa shape index (κ1) is 19.3. The first-order chi connectivity index (χ1) is 12.9. The first-order valence-electron chi connectivity index (χ1n) is 9.59. The molecule has 0 radical (unpaired) electrons. The Hall–Kier alpha value is -2.42. The summed E-state index contributed by atoms with van der Waals surface area (Å²) in [6, 6.07) is 1.72. The summed E-state index contributed by atoms with van der Waals surface area (Å²) in [5.41, 5.74) is 0.680. The van der Waals surface area contributed by atoms with Crippen LogP contribution < -0.4 is 16.0 Å². The van der Waals surface area contributed by atoms with Crippen LogP contribution in [0.5, 0.6) is 0 Å². The molecule has 0 aromatic carbocycles. The van der Waals surface area contributed by atoms with E-state index in [4.69, 9.17) is 0 Å². The molecule has 27 heavy (non-hydrogen) atoms. The molecule has 3 heterocycles. The lowest BCUT2D eigenvalue weighted by Gasteiger charge is -2.32. The molecule has 2 fully saturated rings. The van der Waals surface area contributed by atoms with Gasteiger partial charge in [0.15, 0.2) is 6.29 Å². The molecule has 3 amide bonds. The number of nitrogens with zero attached hydrogens (tertiary/aromatic N) is 3. The van der Waals surface area contributed by atoms with Gasteiger partial charge in [-0.25, -0.2) is 4.68 Å². The molecular weight excluding hydrogens is 348 g/mol. The zero-order valence-corrected chi connectivity index (χ0v) is 16.1. The predicted molar refractivity (Wildman–Crippen MR) is 99.6 cm³/mol. The van der Waals surface area contributed by atoms with Gasteiger partial charge in [-0.2, -0.15) is 5.10 Å². The van der Waals surface area contributed by atoms with Crippen LogP contribution in [-0.2, 0) is 14.4 Å². The second kappa shape index (κ2) is 8.08. The molecule has 3 rings (SSSR count). The molecule has 0 aliphatic carbocycles. The van der Waals surface area contributed by atoms with E-state index in [-0.39, 0.29) is 11.9 Å². The highest BCUT2D eigenvalue weighted by Crippen LogP contribution is 2.19. The van der Waals surface area contributed by atoms with Crippen molar-refractivity contribution in [3.63, 3.8) is 0 Å². The number of hydrogen-bond acceptors (Lipinski definition) is 5. The lowest BCUT2D eigenvalue weighted by molar-refractivity contribution is -0.144. The summed E-state index contributed by atoms with van der Waals surface area (Å²) in [7, 11) is 0. The number of rotatable bonds is 3. The van der Waals surface area contributed by atoms with Crippen LogP contribution in [0.25, 0.3) is 0 Å². The molecule has 148 valence electrons. The molecule has 0 saturated carbocycles. The summed E-state index contributed by atoms with van der Waals surface area (Å²) in [6.45, 7) is 7.15. The standard InChI is InChI=1S/C18H28N6O3/c1-4-13-10-15(25)21-18(19-13)24-14(9-12(3)22-24)20-16(26)17(27)23-7-5-11(2)6-8-23/h9,11,13,18-19H,4-8,10H2,1-3H3,(H,20,26)(H,21,25). The van der Waals surface area contributed by atoms with Crippen molar-refractivity contribution in [2.75, 3.05) is 18.4 Å². The van der Waals surface area contributed by atoms with Crippen LogP contribution in [0.4, 0.5) is 5.82 Å². The molecule has 0 spiro atoms. The van der Waals surface area contributed by atoms with Gasteiger partial charge in [-0.15, -0.1) is 0 Å². The number of nitrogens with one attached hydrogen (secondary N) is 3. The van der Waals surface area contributed by atoms with E-state index in [1.165, 1.54) is 4.68 Å². The van der Waals surface area contributed by atoms with Crippen LogP contribution in [0.3, 0.4) is 0 Å². The molecule has 1 aromatic rings. The zero-order chi connectivity index (χ0) is 19.6. The van der Waals surface area contributed by atoms with Crippen LogP contribution in [0.15, 0.2) is 6.07 Å². The fourth-order valence-electron chi connectivity index (χ4n) is 3.48. The quantitative estimate of drug-likeness (QED) is 0.674. The number of carbonyl (C=O) groups excluding carboxylic acids is 3. The van der Waals surface area contributed by atoms with Crippen molar-refractivity contribution >= 4 is 23.5 Å². The number of aromatic nitrogens is 2. The molecule has 0 bridgehead atoms. The van der Waals surface area contributed by atoms with Crippen LogP contribution in [-0.4, -0.2) is 51.5 Å². The molecule has 2 aliphatic rings. The van der Waals surface area contributed by atoms with Gasteiger partial charge in [0.25, 0.3) is 0 Å². The maximum absolute atomic E-state index is 12.5. The Morgan fingerprint density at radius 3 is 2.70 bits per heavy atom. The van der Waals surface area contributed by atoms with Crippen LogP contribution in [0.2, 0.25) is 0 Å². The molecule has 2 atom stereocenters. The second-order valence-electron chi connectivity index (χ2n) is 7.49. The maximum Gasteiger partial charge on any atom is 0.315 e. The van der Waals surface area contributed by atoms with E-state index in [0.29, 0.717) is 36.9 Å². The molecule has 9 nitrogen and oxygen atoms in total. The van der Waals surface area contributed by atoms with Crippen molar-refractivity contribution in [3.8, 4) is 0 Å². The van der Waals surface area contributed by atoms with Gasteiger partial charge in [0, 0.05) is 31.6 Å². The summed E-state index contributed by atoms with van der Waals surface area (Å²) in [5.74, 6) is -0.326. The van der Waals surface area contributed by atoms with Gasteiger partial charge in [-0.05, 0) is 32.1 Å². The second-order valence-corrected chi connectivity index (χ2v) is 7.49. The smallest absolute Gasteiger partial charge is 0.315 e. The minimum Gasteiger partial charge on any atom is -0.334 e. The van der Waals surface area contributed by atoms with Crippen molar-refractivity contribution in [1.29, 1.82) is 0 Å². The van der Waals surface area contributed by atoms with Crippen molar-refractivity contribution in [2.24, 2.45) is 5.92 Å². The van der Waals surface area contributed by atoms with Gasteiger partial charge >= 0.3 is 11.8 Å². The minimum absolute atomic E-state index is 0.0359. The number of hydrogen-bond donors (Lipinski definition) is 3. The van der Waals surface area contributed by atoms with E-state index in [2.05, 4.69) is 28.0 Å². The number of aryl methyl sites for hydroxylation is 1. The average molecular weight is 376 g/mol. The van der Waals surface area contributed by atoms with E-state index in [1.807, 2.05) is 6.92 Å². The lowest BCUT2D eigenvalue weighted by atomic mass is 9.99. The highest BCUT2D eigenvalue weighted by Gasteiger charge is 2.30. The summed E-state index contributed by atoms with van der Waals surface area (Å²) < 4.78 is 1.51. The van der Waals surface area contributed by atoms with E-state index < -0.39 is 18.1 Å². The molecular formula is C18H28N6O3. The molecule has 1 aromatic heterocycles. The molecule has 9 heteroatoms. The molecule has 2 aliphatic heterocycles. The Bertz CT molecular complexity index is 723. The van der Waals surface area contributed by atoms with E-state index in [9.17, 15) is 14.4 Å². The van der Waals surface area contributed by atoms with Crippen LogP contribution in [0.1, 0.15) is 51.5 Å². The highest BCUT2D eigenvalue weighted by molar-refractivity contribution is 6.39. The summed E-state index contributed by atoms with van der Waals surface area (Å²) in [4.78, 5) is 38.5. The number of likely N-dealkylation sites (tertiary alicyclic amines) is 1. The Kier molecular flexibility index (Phi) is 5.79. The van der Waals surface area contributed by atoms with Crippen molar-refractivity contribution in [1.82, 2.24) is 25.3 Å². The third kappa shape index (κ3) is 4.47. The van der Waals surface area contributed by atoms with Gasteiger partial charge in [0.2, 0.25) is 5.91 Å². The van der Waals surface area contributed by atoms with Gasteiger partial charge in [0.1, 0.15) is 5.82 Å². The highest BCUT2D eigenvalue weighted by atomic mass is 16.2. The Labute approximate surface area is 158 Å². The first-order valence-corrected chi connectivity index (χ1v) is 9.59. The Balaban J connectivity index is 1.71. The van der Waals surface area contributed by atoms with E-state index >= 15 is 0 Å². The van der Waals surface area contributed by atoms with Crippen LogP contribution in [0, 0.1) is 12.8 Å². The normalized spacial score (nSPS) is 23.8. The SMILES string of the molecule is CCC1CC(=O)NC(n2nc(C)cc2NC(=O)C(=O)N2CCC(C)CC2)N1. The fraction of sp³-hybridized carbons (Fsp3) is 0.667. The van der Waals surface area contributed by atoms with Crippen molar-refractivity contribution in [2.45, 2.75) is 58.8 Å². The molecule has 2 unspecified atom stereocenters. The summed E-state index contributed by atoms with van der Waals surface area (Å²) in [5, 5.41) is 13.2. The number of carbonyl (C=O) groups is 3. The van der Waals surface area contributed by atoms with Gasteiger partial charge < -0.3 is 15.5 Å². The lowest BCUT2D eigenvalue weighted by Crippen LogP contribution is -2.53. The Morgan fingerprint density at radius 1 is 1.33 bits per heavy atom. The van der Waals surface area contributed by atoms with E-state index in [1.54, 1.807) is 17.9 Å².